The molecule has 0 bridgehead atoms. The van der Waals surface area contributed by atoms with E-state index in [9.17, 15) is 18.0 Å². The number of para-hydroxylation sites is 1. The van der Waals surface area contributed by atoms with Crippen molar-refractivity contribution in [3.05, 3.63) is 95.6 Å². The SMILES string of the molecule is CCOC(=O)c1ccc(S(=O)(=O)Nc2ccccc2C(=O)N[C@@H](C)c2ccccc2)cc1. The zero-order chi connectivity index (χ0) is 23.1. The van der Waals surface area contributed by atoms with Gasteiger partial charge in [-0.3, -0.25) is 9.52 Å². The number of hydrogen-bond acceptors (Lipinski definition) is 5. The molecule has 0 saturated carbocycles. The third-order valence-electron chi connectivity index (χ3n) is 4.74. The van der Waals surface area contributed by atoms with Gasteiger partial charge in [-0.15, -0.1) is 0 Å². The van der Waals surface area contributed by atoms with Crippen LogP contribution in [0.4, 0.5) is 5.69 Å². The zero-order valence-corrected chi connectivity index (χ0v) is 18.6. The number of carbonyl (C=O) groups excluding carboxylic acids is 2. The second-order valence-corrected chi connectivity index (χ2v) is 8.68. The molecule has 0 heterocycles. The van der Waals surface area contributed by atoms with E-state index in [1.165, 1.54) is 30.3 Å². The van der Waals surface area contributed by atoms with Crippen LogP contribution in [0.5, 0.6) is 0 Å². The van der Waals surface area contributed by atoms with E-state index in [1.54, 1.807) is 25.1 Å². The van der Waals surface area contributed by atoms with Gasteiger partial charge in [0.2, 0.25) is 0 Å². The van der Waals surface area contributed by atoms with Gasteiger partial charge >= 0.3 is 5.97 Å². The molecule has 3 aromatic carbocycles. The van der Waals surface area contributed by atoms with Crippen LogP contribution < -0.4 is 10.0 Å². The van der Waals surface area contributed by atoms with Crippen LogP contribution in [0.1, 0.15) is 46.2 Å². The average molecular weight is 453 g/mol. The summed E-state index contributed by atoms with van der Waals surface area (Å²) in [5.41, 5.74) is 1.53. The molecule has 3 aromatic rings. The second kappa shape index (κ2) is 10.1. The van der Waals surface area contributed by atoms with Crippen molar-refractivity contribution in [3.63, 3.8) is 0 Å². The van der Waals surface area contributed by atoms with Crippen molar-refractivity contribution < 1.29 is 22.7 Å². The van der Waals surface area contributed by atoms with Crippen molar-refractivity contribution in [2.24, 2.45) is 0 Å². The van der Waals surface area contributed by atoms with Crippen LogP contribution in [0.15, 0.2) is 83.8 Å². The Balaban J connectivity index is 1.79. The Labute approximate surface area is 187 Å². The normalized spacial score (nSPS) is 11.9. The summed E-state index contributed by atoms with van der Waals surface area (Å²) in [7, 11) is -3.99. The first-order chi connectivity index (χ1) is 15.3. The fraction of sp³-hybridized carbons (Fsp3) is 0.167. The highest BCUT2D eigenvalue weighted by atomic mass is 32.2. The maximum absolute atomic E-state index is 12.9. The standard InChI is InChI=1S/C24H24N2O5S/c1-3-31-24(28)19-13-15-20(16-14-19)32(29,30)26-22-12-8-7-11-21(22)23(27)25-17(2)18-9-5-4-6-10-18/h4-17,26H,3H2,1-2H3,(H,25,27)/t17-/m0/s1. The lowest BCUT2D eigenvalue weighted by atomic mass is 10.1. The smallest absolute Gasteiger partial charge is 0.338 e. The van der Waals surface area contributed by atoms with Crippen LogP contribution in [-0.2, 0) is 14.8 Å². The van der Waals surface area contributed by atoms with Crippen molar-refractivity contribution in [2.45, 2.75) is 24.8 Å². The van der Waals surface area contributed by atoms with E-state index in [0.717, 1.165) is 5.56 Å². The largest absolute Gasteiger partial charge is 0.462 e. The van der Waals surface area contributed by atoms with Crippen LogP contribution in [0, 0.1) is 0 Å². The molecule has 8 heteroatoms. The number of rotatable bonds is 8. The second-order valence-electron chi connectivity index (χ2n) is 7.00. The van der Waals surface area contributed by atoms with Gasteiger partial charge in [0.1, 0.15) is 0 Å². The summed E-state index contributed by atoms with van der Waals surface area (Å²) in [6.07, 6.45) is 0. The molecule has 0 aliphatic heterocycles. The van der Waals surface area contributed by atoms with Crippen molar-refractivity contribution in [2.75, 3.05) is 11.3 Å². The number of hydrogen-bond donors (Lipinski definition) is 2. The Kier molecular flexibility index (Phi) is 7.27. The molecule has 0 saturated heterocycles. The lowest BCUT2D eigenvalue weighted by molar-refractivity contribution is 0.0526. The molecule has 0 spiro atoms. The van der Waals surface area contributed by atoms with Gasteiger partial charge in [-0.1, -0.05) is 42.5 Å². The highest BCUT2D eigenvalue weighted by Gasteiger charge is 2.20. The molecule has 1 amide bonds. The molecule has 0 aliphatic rings. The molecule has 0 unspecified atom stereocenters. The number of benzene rings is 3. The summed E-state index contributed by atoms with van der Waals surface area (Å²) in [6.45, 7) is 3.77. The van der Waals surface area contributed by atoms with E-state index in [0.29, 0.717) is 0 Å². The van der Waals surface area contributed by atoms with E-state index in [-0.39, 0.29) is 34.4 Å². The molecule has 166 valence electrons. The van der Waals surface area contributed by atoms with E-state index >= 15 is 0 Å². The molecular formula is C24H24N2O5S. The molecule has 0 aliphatic carbocycles. The van der Waals surface area contributed by atoms with Crippen molar-refractivity contribution in [3.8, 4) is 0 Å². The highest BCUT2D eigenvalue weighted by Crippen LogP contribution is 2.22. The molecule has 3 rings (SSSR count). The topological polar surface area (TPSA) is 102 Å². The van der Waals surface area contributed by atoms with E-state index in [1.807, 2.05) is 37.3 Å². The van der Waals surface area contributed by atoms with E-state index in [2.05, 4.69) is 10.0 Å². The molecular weight excluding hydrogens is 428 g/mol. The lowest BCUT2D eigenvalue weighted by Crippen LogP contribution is -2.28. The first-order valence-corrected chi connectivity index (χ1v) is 11.5. The Morgan fingerprint density at radius 1 is 0.906 bits per heavy atom. The lowest BCUT2D eigenvalue weighted by Gasteiger charge is -2.17. The minimum atomic E-state index is -3.99. The summed E-state index contributed by atoms with van der Waals surface area (Å²) in [5, 5.41) is 2.89. The number of ether oxygens (including phenoxy) is 1. The number of esters is 1. The van der Waals surface area contributed by atoms with Crippen LogP contribution in [0.3, 0.4) is 0 Å². The first kappa shape index (κ1) is 23.0. The third kappa shape index (κ3) is 5.53. The number of amides is 1. The van der Waals surface area contributed by atoms with Gasteiger partial charge in [0.05, 0.1) is 34.4 Å². The third-order valence-corrected chi connectivity index (χ3v) is 6.12. The molecule has 0 fully saturated rings. The fourth-order valence-corrected chi connectivity index (χ4v) is 4.14. The van der Waals surface area contributed by atoms with E-state index < -0.39 is 21.9 Å². The molecule has 0 aromatic heterocycles. The number of nitrogens with one attached hydrogen (secondary N) is 2. The van der Waals surface area contributed by atoms with Crippen molar-refractivity contribution >= 4 is 27.6 Å². The van der Waals surface area contributed by atoms with Gasteiger partial charge in [-0.25, -0.2) is 13.2 Å². The summed E-state index contributed by atoms with van der Waals surface area (Å²) in [5.74, 6) is -0.934. The average Bonchev–Trinajstić information content (AvgIpc) is 2.80. The van der Waals surface area contributed by atoms with Crippen molar-refractivity contribution in [1.82, 2.24) is 5.32 Å². The minimum Gasteiger partial charge on any atom is -0.462 e. The Bertz CT molecular complexity index is 1190. The molecule has 2 N–H and O–H groups in total. The summed E-state index contributed by atoms with van der Waals surface area (Å²) in [4.78, 5) is 24.6. The predicted molar refractivity (Wildman–Crippen MR) is 122 cm³/mol. The molecule has 7 nitrogen and oxygen atoms in total. The number of carbonyl (C=O) groups is 2. The van der Waals surface area contributed by atoms with E-state index in [4.69, 9.17) is 4.74 Å². The maximum Gasteiger partial charge on any atom is 0.338 e. The van der Waals surface area contributed by atoms with Gasteiger partial charge in [-0.05, 0) is 55.8 Å². The van der Waals surface area contributed by atoms with Gasteiger partial charge in [0.25, 0.3) is 15.9 Å². The Hall–Kier alpha value is -3.65. The molecule has 32 heavy (non-hydrogen) atoms. The zero-order valence-electron chi connectivity index (χ0n) is 17.7. The summed E-state index contributed by atoms with van der Waals surface area (Å²) < 4.78 is 33.1. The van der Waals surface area contributed by atoms with Gasteiger partial charge in [0.15, 0.2) is 0 Å². The van der Waals surface area contributed by atoms with Crippen LogP contribution in [0.2, 0.25) is 0 Å². The van der Waals surface area contributed by atoms with Crippen molar-refractivity contribution in [1.29, 1.82) is 0 Å². The highest BCUT2D eigenvalue weighted by molar-refractivity contribution is 7.92. The van der Waals surface area contributed by atoms with Crippen LogP contribution >= 0.6 is 0 Å². The number of sulfonamides is 1. The molecule has 1 atom stereocenters. The predicted octanol–water partition coefficient (Wildman–Crippen LogP) is 4.16. The first-order valence-electron chi connectivity index (χ1n) is 10.1. The summed E-state index contributed by atoms with van der Waals surface area (Å²) in [6, 6.07) is 21.0. The monoisotopic (exact) mass is 452 g/mol. The Morgan fingerprint density at radius 2 is 1.53 bits per heavy atom. The number of anilines is 1. The minimum absolute atomic E-state index is 0.0431. The van der Waals surface area contributed by atoms with Gasteiger partial charge < -0.3 is 10.1 Å². The van der Waals surface area contributed by atoms with Gasteiger partial charge in [-0.2, -0.15) is 0 Å². The van der Waals surface area contributed by atoms with Gasteiger partial charge in [0, 0.05) is 0 Å². The fourth-order valence-electron chi connectivity index (χ4n) is 3.06. The quantitative estimate of drug-likeness (QED) is 0.500. The summed E-state index contributed by atoms with van der Waals surface area (Å²) >= 11 is 0. The van der Waals surface area contributed by atoms with Crippen LogP contribution in [-0.4, -0.2) is 26.9 Å². The molecule has 0 radical (unpaired) electrons. The maximum atomic E-state index is 12.9. The Morgan fingerprint density at radius 3 is 2.19 bits per heavy atom. The van der Waals surface area contributed by atoms with Crippen LogP contribution in [0.25, 0.3) is 0 Å².